The molecule has 1 aromatic carbocycles. The Kier molecular flexibility index (Phi) is 2.56. The van der Waals surface area contributed by atoms with Gasteiger partial charge in [0.1, 0.15) is 12.3 Å². The molecular weight excluding hydrogens is 246 g/mol. The molecule has 0 aliphatic carbocycles. The van der Waals surface area contributed by atoms with Crippen molar-refractivity contribution in [3.05, 3.63) is 47.9 Å². The zero-order valence-electron chi connectivity index (χ0n) is 10.2. The molecule has 0 atom stereocenters. The highest BCUT2D eigenvalue weighted by atomic mass is 16.4. The van der Waals surface area contributed by atoms with Crippen molar-refractivity contribution in [1.29, 1.82) is 0 Å². The molecule has 6 heteroatoms. The van der Waals surface area contributed by atoms with Gasteiger partial charge < -0.3 is 14.1 Å². The average molecular weight is 257 g/mol. The molecule has 3 aromatic rings. The molecule has 0 aliphatic rings. The van der Waals surface area contributed by atoms with Crippen LogP contribution in [0.1, 0.15) is 22.0 Å². The Morgan fingerprint density at radius 3 is 2.95 bits per heavy atom. The third-order valence-electron chi connectivity index (χ3n) is 2.84. The molecule has 0 aliphatic heterocycles. The molecule has 0 amide bonds. The Hall–Kier alpha value is -2.63. The molecule has 2 aromatic heterocycles. The second-order valence-electron chi connectivity index (χ2n) is 4.22. The summed E-state index contributed by atoms with van der Waals surface area (Å²) in [7, 11) is 0. The topological polar surface area (TPSA) is 81.2 Å². The minimum Gasteiger partial charge on any atom is -0.478 e. The highest BCUT2D eigenvalue weighted by molar-refractivity contribution is 6.01. The number of carbonyl (C=O) groups is 1. The van der Waals surface area contributed by atoms with Crippen molar-refractivity contribution < 1.29 is 14.3 Å². The minimum atomic E-state index is -0.976. The fourth-order valence-electron chi connectivity index (χ4n) is 2.04. The van der Waals surface area contributed by atoms with Crippen molar-refractivity contribution >= 4 is 17.0 Å². The number of aryl methyl sites for hydroxylation is 1. The molecule has 1 N–H and O–H groups in total. The minimum absolute atomic E-state index is 0.221. The van der Waals surface area contributed by atoms with E-state index in [1.165, 1.54) is 0 Å². The third kappa shape index (κ3) is 1.97. The van der Waals surface area contributed by atoms with Gasteiger partial charge in [-0.05, 0) is 19.1 Å². The molecule has 0 bridgehead atoms. The normalized spacial score (nSPS) is 11.0. The number of benzene rings is 1. The number of hydrogen-bond acceptors (Lipinski definition) is 4. The zero-order valence-corrected chi connectivity index (χ0v) is 10.2. The predicted molar refractivity (Wildman–Crippen MR) is 67.0 cm³/mol. The average Bonchev–Trinajstić information content (AvgIpc) is 2.97. The predicted octanol–water partition coefficient (Wildman–Crippen LogP) is 2.08. The highest BCUT2D eigenvalue weighted by Gasteiger charge is 2.14. The molecule has 96 valence electrons. The zero-order chi connectivity index (χ0) is 13.4. The molecule has 0 unspecified atom stereocenters. The summed E-state index contributed by atoms with van der Waals surface area (Å²) in [4.78, 5) is 19.5. The van der Waals surface area contributed by atoms with E-state index < -0.39 is 5.97 Å². The van der Waals surface area contributed by atoms with E-state index in [1.54, 1.807) is 35.3 Å². The van der Waals surface area contributed by atoms with Crippen LogP contribution in [0.2, 0.25) is 0 Å². The molecular formula is C13H11N3O3. The van der Waals surface area contributed by atoms with Gasteiger partial charge in [0.2, 0.25) is 5.89 Å². The summed E-state index contributed by atoms with van der Waals surface area (Å²) in [5.41, 5.74) is 1.44. The van der Waals surface area contributed by atoms with E-state index in [2.05, 4.69) is 9.97 Å². The summed E-state index contributed by atoms with van der Waals surface area (Å²) in [6.07, 6.45) is 3.23. The van der Waals surface area contributed by atoms with Gasteiger partial charge in [-0.3, -0.25) is 0 Å². The first kappa shape index (κ1) is 11.5. The van der Waals surface area contributed by atoms with Gasteiger partial charge in [-0.15, -0.1) is 0 Å². The number of hydrogen-bond donors (Lipinski definition) is 1. The molecule has 0 saturated carbocycles. The van der Waals surface area contributed by atoms with Crippen LogP contribution in [0.5, 0.6) is 0 Å². The first-order valence-electron chi connectivity index (χ1n) is 5.73. The van der Waals surface area contributed by atoms with E-state index in [1.807, 2.05) is 6.92 Å². The number of rotatable bonds is 3. The van der Waals surface area contributed by atoms with Crippen LogP contribution in [0.3, 0.4) is 0 Å². The van der Waals surface area contributed by atoms with Gasteiger partial charge in [-0.25, -0.2) is 14.8 Å². The van der Waals surface area contributed by atoms with Crippen molar-refractivity contribution in [3.63, 3.8) is 0 Å². The van der Waals surface area contributed by atoms with E-state index in [-0.39, 0.29) is 5.56 Å². The number of aromatic carboxylic acids is 1. The van der Waals surface area contributed by atoms with Gasteiger partial charge in [0.05, 0.1) is 29.1 Å². The maximum atomic E-state index is 11.2. The van der Waals surface area contributed by atoms with Crippen molar-refractivity contribution in [3.8, 4) is 0 Å². The van der Waals surface area contributed by atoms with E-state index in [0.29, 0.717) is 23.5 Å². The Morgan fingerprint density at radius 1 is 1.42 bits per heavy atom. The van der Waals surface area contributed by atoms with Crippen LogP contribution in [0.15, 0.2) is 35.1 Å². The number of oxazole rings is 1. The molecule has 0 radical (unpaired) electrons. The summed E-state index contributed by atoms with van der Waals surface area (Å²) in [5, 5.41) is 9.22. The SMILES string of the molecule is Cc1cnc(Cn2cnc3cccc(C(=O)O)c32)o1. The van der Waals surface area contributed by atoms with E-state index in [4.69, 9.17) is 4.42 Å². The standard InChI is InChI=1S/C13H11N3O3/c1-8-5-14-11(19-8)6-16-7-15-10-4-2-3-9(12(10)16)13(17)18/h2-5,7H,6H2,1H3,(H,17,18). The second-order valence-corrected chi connectivity index (χ2v) is 4.22. The number of para-hydroxylation sites is 1. The smallest absolute Gasteiger partial charge is 0.337 e. The third-order valence-corrected chi connectivity index (χ3v) is 2.84. The molecule has 0 saturated heterocycles. The second kappa shape index (κ2) is 4.24. The van der Waals surface area contributed by atoms with Crippen LogP contribution in [0.25, 0.3) is 11.0 Å². The van der Waals surface area contributed by atoms with Crippen molar-refractivity contribution in [2.75, 3.05) is 0 Å². The molecule has 19 heavy (non-hydrogen) atoms. The van der Waals surface area contributed by atoms with Gasteiger partial charge >= 0.3 is 5.97 Å². The van der Waals surface area contributed by atoms with Crippen LogP contribution >= 0.6 is 0 Å². The van der Waals surface area contributed by atoms with Crippen LogP contribution < -0.4 is 0 Å². The Morgan fingerprint density at radius 2 is 2.26 bits per heavy atom. The maximum absolute atomic E-state index is 11.2. The van der Waals surface area contributed by atoms with Gasteiger partial charge in [-0.2, -0.15) is 0 Å². The lowest BCUT2D eigenvalue weighted by Crippen LogP contribution is -2.04. The highest BCUT2D eigenvalue weighted by Crippen LogP contribution is 2.19. The lowest BCUT2D eigenvalue weighted by Gasteiger charge is -2.03. The number of aromatic nitrogens is 3. The summed E-state index contributed by atoms with van der Waals surface area (Å²) >= 11 is 0. The Bertz CT molecular complexity index is 757. The number of imidazole rings is 1. The summed E-state index contributed by atoms with van der Waals surface area (Å²) in [6, 6.07) is 5.02. The first-order valence-corrected chi connectivity index (χ1v) is 5.73. The monoisotopic (exact) mass is 257 g/mol. The molecule has 6 nitrogen and oxygen atoms in total. The fraction of sp³-hybridized carbons (Fsp3) is 0.154. The molecule has 3 rings (SSSR count). The van der Waals surface area contributed by atoms with Gasteiger partial charge in [0, 0.05) is 0 Å². The first-order chi connectivity index (χ1) is 9.15. The number of carboxylic acids is 1. The number of nitrogens with zero attached hydrogens (tertiary/aromatic N) is 3. The van der Waals surface area contributed by atoms with Gasteiger partial charge in [0.15, 0.2) is 0 Å². The van der Waals surface area contributed by atoms with Crippen molar-refractivity contribution in [1.82, 2.24) is 14.5 Å². The lowest BCUT2D eigenvalue weighted by molar-refractivity contribution is 0.0698. The summed E-state index contributed by atoms with van der Waals surface area (Å²) in [6.45, 7) is 2.17. The molecule has 0 spiro atoms. The van der Waals surface area contributed by atoms with Gasteiger partial charge in [0.25, 0.3) is 0 Å². The van der Waals surface area contributed by atoms with Crippen LogP contribution in [0.4, 0.5) is 0 Å². The van der Waals surface area contributed by atoms with E-state index in [9.17, 15) is 9.90 Å². The molecule has 2 heterocycles. The van der Waals surface area contributed by atoms with E-state index in [0.717, 1.165) is 5.76 Å². The van der Waals surface area contributed by atoms with Gasteiger partial charge in [-0.1, -0.05) is 6.07 Å². The summed E-state index contributed by atoms with van der Waals surface area (Å²) in [5.74, 6) is 0.269. The summed E-state index contributed by atoms with van der Waals surface area (Å²) < 4.78 is 7.13. The number of fused-ring (bicyclic) bond motifs is 1. The fourth-order valence-corrected chi connectivity index (χ4v) is 2.04. The van der Waals surface area contributed by atoms with Crippen LogP contribution in [-0.2, 0) is 6.54 Å². The van der Waals surface area contributed by atoms with Crippen molar-refractivity contribution in [2.45, 2.75) is 13.5 Å². The van der Waals surface area contributed by atoms with E-state index >= 15 is 0 Å². The Balaban J connectivity index is 2.11. The van der Waals surface area contributed by atoms with Crippen molar-refractivity contribution in [2.24, 2.45) is 0 Å². The quantitative estimate of drug-likeness (QED) is 0.776. The van der Waals surface area contributed by atoms with Crippen LogP contribution in [0, 0.1) is 6.92 Å². The largest absolute Gasteiger partial charge is 0.478 e. The Labute approximate surface area is 108 Å². The maximum Gasteiger partial charge on any atom is 0.337 e. The molecule has 0 fully saturated rings. The van der Waals surface area contributed by atoms with Crippen LogP contribution in [-0.4, -0.2) is 25.6 Å². The lowest BCUT2D eigenvalue weighted by atomic mass is 10.2. The number of carboxylic acid groups (broad SMARTS) is 1.